The van der Waals surface area contributed by atoms with Crippen molar-refractivity contribution in [3.8, 4) is 16.9 Å². The Bertz CT molecular complexity index is 1690. The third kappa shape index (κ3) is 5.32. The van der Waals surface area contributed by atoms with Crippen LogP contribution in [0.2, 0.25) is 0 Å². The SMILES string of the molecule is C[C@H]1OC(c2ccc(OCCCO)cc2)=N[C@@]1(Cc1ccccc1N=[N+]=[N-])C(=O)NC1c2ccccc2-c2ccccc21. The Kier molecular flexibility index (Phi) is 7.83. The topological polar surface area (TPSA) is 129 Å². The quantitative estimate of drug-likeness (QED) is 0.0981. The highest BCUT2D eigenvalue weighted by Gasteiger charge is 2.51. The Morgan fingerprint density at radius 2 is 1.65 bits per heavy atom. The lowest BCUT2D eigenvalue weighted by molar-refractivity contribution is -0.128. The Morgan fingerprint density at radius 3 is 2.33 bits per heavy atom. The Balaban J connectivity index is 1.38. The molecule has 6 rings (SSSR count). The van der Waals surface area contributed by atoms with Crippen molar-refractivity contribution in [3.63, 3.8) is 0 Å². The van der Waals surface area contributed by atoms with Crippen LogP contribution in [0.4, 0.5) is 5.69 Å². The number of aliphatic hydroxyl groups is 1. The van der Waals surface area contributed by atoms with Crippen LogP contribution >= 0.6 is 0 Å². The second-order valence-corrected chi connectivity index (χ2v) is 10.6. The molecule has 0 fully saturated rings. The van der Waals surface area contributed by atoms with Crippen molar-refractivity contribution in [1.82, 2.24) is 5.32 Å². The number of amides is 1. The molecule has 2 aliphatic rings. The lowest BCUT2D eigenvalue weighted by Gasteiger charge is -2.30. The molecule has 4 aromatic rings. The molecule has 0 spiro atoms. The molecule has 0 saturated heterocycles. The van der Waals surface area contributed by atoms with E-state index in [2.05, 4.69) is 27.5 Å². The maximum atomic E-state index is 14.6. The molecule has 0 bridgehead atoms. The molecular weight excluding hydrogens is 542 g/mol. The third-order valence-corrected chi connectivity index (χ3v) is 8.04. The number of hydrogen-bond donors (Lipinski definition) is 2. The fraction of sp³-hybridized carbons (Fsp3) is 0.235. The van der Waals surface area contributed by atoms with Crippen LogP contribution in [0.3, 0.4) is 0 Å². The molecule has 0 radical (unpaired) electrons. The van der Waals surface area contributed by atoms with Crippen LogP contribution < -0.4 is 10.1 Å². The minimum absolute atomic E-state index is 0.0611. The van der Waals surface area contributed by atoms with Crippen LogP contribution in [0, 0.1) is 0 Å². The fourth-order valence-corrected chi connectivity index (χ4v) is 5.81. The number of aliphatic hydroxyl groups excluding tert-OH is 1. The normalized spacial score (nSPS) is 18.6. The maximum Gasteiger partial charge on any atom is 0.253 e. The first-order valence-corrected chi connectivity index (χ1v) is 14.3. The third-order valence-electron chi connectivity index (χ3n) is 8.04. The van der Waals surface area contributed by atoms with Gasteiger partial charge in [0.25, 0.3) is 5.91 Å². The summed E-state index contributed by atoms with van der Waals surface area (Å²) in [6.07, 6.45) is 0.0748. The largest absolute Gasteiger partial charge is 0.494 e. The van der Waals surface area contributed by atoms with Gasteiger partial charge in [-0.3, -0.25) is 4.79 Å². The number of hydrogen-bond acceptors (Lipinski definition) is 6. The number of nitrogens with zero attached hydrogens (tertiary/aromatic N) is 4. The average molecular weight is 574 g/mol. The zero-order chi connectivity index (χ0) is 29.8. The van der Waals surface area contributed by atoms with Gasteiger partial charge in [0.05, 0.1) is 12.6 Å². The molecule has 4 aromatic carbocycles. The van der Waals surface area contributed by atoms with Gasteiger partial charge in [-0.25, -0.2) is 4.99 Å². The Hall–Kier alpha value is -5.11. The summed E-state index contributed by atoms with van der Waals surface area (Å²) in [4.78, 5) is 22.6. The highest BCUT2D eigenvalue weighted by molar-refractivity contribution is 6.01. The summed E-state index contributed by atoms with van der Waals surface area (Å²) in [7, 11) is 0. The van der Waals surface area contributed by atoms with E-state index >= 15 is 0 Å². The summed E-state index contributed by atoms with van der Waals surface area (Å²) in [5.41, 5.74) is 13.9. The van der Waals surface area contributed by atoms with Crippen molar-refractivity contribution in [2.24, 2.45) is 10.1 Å². The molecule has 2 atom stereocenters. The van der Waals surface area contributed by atoms with Gasteiger partial charge in [-0.05, 0) is 64.5 Å². The summed E-state index contributed by atoms with van der Waals surface area (Å²) in [5.74, 6) is 0.721. The van der Waals surface area contributed by atoms with E-state index in [1.54, 1.807) is 12.1 Å². The smallest absolute Gasteiger partial charge is 0.253 e. The second-order valence-electron chi connectivity index (χ2n) is 10.6. The number of carbonyl (C=O) groups is 1. The maximum absolute atomic E-state index is 14.6. The van der Waals surface area contributed by atoms with Crippen LogP contribution in [-0.2, 0) is 16.0 Å². The minimum atomic E-state index is -1.35. The number of aliphatic imine (C=N–C) groups is 1. The number of ether oxygens (including phenoxy) is 2. The van der Waals surface area contributed by atoms with Gasteiger partial charge in [-0.15, -0.1) is 0 Å². The van der Waals surface area contributed by atoms with Gasteiger partial charge in [0, 0.05) is 35.6 Å². The summed E-state index contributed by atoms with van der Waals surface area (Å²) in [6.45, 7) is 2.31. The number of nitrogens with one attached hydrogen (secondary N) is 1. The van der Waals surface area contributed by atoms with E-state index in [4.69, 9.17) is 19.6 Å². The number of azide groups is 1. The van der Waals surface area contributed by atoms with Crippen molar-refractivity contribution in [1.29, 1.82) is 0 Å². The summed E-state index contributed by atoms with van der Waals surface area (Å²) in [6, 6.07) is 30.3. The molecule has 1 amide bonds. The predicted molar refractivity (Wildman–Crippen MR) is 164 cm³/mol. The number of fused-ring (bicyclic) bond motifs is 3. The molecule has 0 unspecified atom stereocenters. The van der Waals surface area contributed by atoms with Crippen molar-refractivity contribution in [2.45, 2.75) is 37.5 Å². The van der Waals surface area contributed by atoms with E-state index in [1.165, 1.54) is 0 Å². The van der Waals surface area contributed by atoms with Gasteiger partial charge in [0.2, 0.25) is 5.90 Å². The molecule has 2 N–H and O–H groups in total. The van der Waals surface area contributed by atoms with Crippen LogP contribution in [-0.4, -0.2) is 41.8 Å². The van der Waals surface area contributed by atoms with E-state index in [9.17, 15) is 10.3 Å². The lowest BCUT2D eigenvalue weighted by Crippen LogP contribution is -2.53. The highest BCUT2D eigenvalue weighted by Crippen LogP contribution is 2.44. The summed E-state index contributed by atoms with van der Waals surface area (Å²) >= 11 is 0. The number of rotatable bonds is 10. The van der Waals surface area contributed by atoms with E-state index in [1.807, 2.05) is 79.7 Å². The summed E-state index contributed by atoms with van der Waals surface area (Å²) < 4.78 is 12.0. The first-order valence-electron chi connectivity index (χ1n) is 14.3. The standard InChI is InChI=1S/C34H31N5O4/c1-22-34(21-24-9-2-7-14-30(24)38-39-35,37-32(43-22)23-15-17-25(18-16-23)42-20-8-19-40)33(41)36-31-28-12-5-3-10-26(28)27-11-4-6-13-29(27)31/h2-7,9-18,22,31,40H,8,19-21H2,1H3,(H,36,41)/t22-,34-/m1/s1. The Labute approximate surface area is 249 Å². The fourth-order valence-electron chi connectivity index (χ4n) is 5.81. The van der Waals surface area contributed by atoms with E-state index < -0.39 is 11.6 Å². The molecule has 1 aliphatic heterocycles. The molecule has 0 saturated carbocycles. The number of benzene rings is 4. The predicted octanol–water partition coefficient (Wildman–Crippen LogP) is 6.42. The number of carbonyl (C=O) groups excluding carboxylic acids is 1. The first-order chi connectivity index (χ1) is 21.0. The van der Waals surface area contributed by atoms with E-state index in [0.29, 0.717) is 41.5 Å². The van der Waals surface area contributed by atoms with Crippen LogP contribution in [0.25, 0.3) is 21.6 Å². The van der Waals surface area contributed by atoms with Gasteiger partial charge in [-0.2, -0.15) is 0 Å². The molecule has 1 heterocycles. The lowest BCUT2D eigenvalue weighted by atomic mass is 9.85. The average Bonchev–Trinajstić information content (AvgIpc) is 3.54. The second kappa shape index (κ2) is 12.0. The van der Waals surface area contributed by atoms with Crippen molar-refractivity contribution < 1.29 is 19.4 Å². The van der Waals surface area contributed by atoms with Crippen molar-refractivity contribution >= 4 is 17.5 Å². The molecule has 0 aromatic heterocycles. The molecule has 9 nitrogen and oxygen atoms in total. The molecule has 1 aliphatic carbocycles. The highest BCUT2D eigenvalue weighted by atomic mass is 16.5. The molecular formula is C34H31N5O4. The van der Waals surface area contributed by atoms with Gasteiger partial charge in [0.15, 0.2) is 5.54 Å². The van der Waals surface area contributed by atoms with Crippen LogP contribution in [0.15, 0.2) is 107 Å². The van der Waals surface area contributed by atoms with Crippen molar-refractivity contribution in [3.05, 3.63) is 130 Å². The van der Waals surface area contributed by atoms with Gasteiger partial charge in [0.1, 0.15) is 11.9 Å². The summed E-state index contributed by atoms with van der Waals surface area (Å²) in [5, 5.41) is 16.2. The Morgan fingerprint density at radius 1 is 1.00 bits per heavy atom. The van der Waals surface area contributed by atoms with Crippen LogP contribution in [0.5, 0.6) is 5.75 Å². The first kappa shape index (κ1) is 28.0. The van der Waals surface area contributed by atoms with Gasteiger partial charge < -0.3 is 19.9 Å². The minimum Gasteiger partial charge on any atom is -0.494 e. The molecule has 9 heteroatoms. The van der Waals surface area contributed by atoms with E-state index in [-0.39, 0.29) is 25.0 Å². The zero-order valence-electron chi connectivity index (χ0n) is 23.7. The monoisotopic (exact) mass is 573 g/mol. The van der Waals surface area contributed by atoms with Crippen LogP contribution in [0.1, 0.15) is 41.6 Å². The van der Waals surface area contributed by atoms with Crippen molar-refractivity contribution in [2.75, 3.05) is 13.2 Å². The van der Waals surface area contributed by atoms with Gasteiger partial charge >= 0.3 is 0 Å². The zero-order valence-corrected chi connectivity index (χ0v) is 23.7. The van der Waals surface area contributed by atoms with E-state index in [0.717, 1.165) is 22.3 Å². The van der Waals surface area contributed by atoms with Gasteiger partial charge in [-0.1, -0.05) is 77.9 Å². The molecule has 43 heavy (non-hydrogen) atoms. The molecule has 216 valence electrons.